The first-order chi connectivity index (χ1) is 10.4. The maximum Gasteiger partial charge on any atom is 0.411 e. The smallest absolute Gasteiger partial charge is 0.411 e. The number of amides is 2. The number of hydrogen-bond acceptors (Lipinski definition) is 4. The van der Waals surface area contributed by atoms with E-state index in [9.17, 15) is 9.59 Å². The Morgan fingerprint density at radius 2 is 2.05 bits per heavy atom. The Labute approximate surface area is 128 Å². The standard InChI is InChI=1S/C16H18N2O4/c1-16(9-5-6-11(10-16)22-14(17)19)12-7-3-4-8-13(12)18-15(20)21-2/h3-9H,10H2,1-2H3,(H2,17,19)(H,18,20). The van der Waals surface area contributed by atoms with Gasteiger partial charge in [0.2, 0.25) is 0 Å². The van der Waals surface area contributed by atoms with Gasteiger partial charge in [0.15, 0.2) is 0 Å². The fourth-order valence-electron chi connectivity index (χ4n) is 2.48. The van der Waals surface area contributed by atoms with E-state index >= 15 is 0 Å². The van der Waals surface area contributed by atoms with Crippen LogP contribution in [0.2, 0.25) is 0 Å². The highest BCUT2D eigenvalue weighted by Crippen LogP contribution is 2.39. The Bertz CT molecular complexity index is 651. The van der Waals surface area contributed by atoms with Gasteiger partial charge in [-0.15, -0.1) is 0 Å². The van der Waals surface area contributed by atoms with Gasteiger partial charge in [0.25, 0.3) is 0 Å². The number of methoxy groups -OCH3 is 1. The normalized spacial score (nSPS) is 20.0. The lowest BCUT2D eigenvalue weighted by Gasteiger charge is -2.31. The molecule has 0 radical (unpaired) electrons. The van der Waals surface area contributed by atoms with E-state index in [2.05, 4.69) is 10.1 Å². The fourth-order valence-corrected chi connectivity index (χ4v) is 2.48. The first kappa shape index (κ1) is 15.6. The van der Waals surface area contributed by atoms with Crippen LogP contribution in [0.5, 0.6) is 0 Å². The van der Waals surface area contributed by atoms with E-state index in [0.717, 1.165) is 5.56 Å². The van der Waals surface area contributed by atoms with Crippen molar-refractivity contribution in [3.05, 3.63) is 53.8 Å². The molecule has 22 heavy (non-hydrogen) atoms. The van der Waals surface area contributed by atoms with Gasteiger partial charge >= 0.3 is 12.2 Å². The predicted molar refractivity (Wildman–Crippen MR) is 82.3 cm³/mol. The molecule has 1 aromatic carbocycles. The molecule has 0 aromatic heterocycles. The molecule has 0 saturated carbocycles. The van der Waals surface area contributed by atoms with E-state index in [-0.39, 0.29) is 0 Å². The van der Waals surface area contributed by atoms with Gasteiger partial charge in [-0.1, -0.05) is 37.3 Å². The number of hydrogen-bond donors (Lipinski definition) is 2. The summed E-state index contributed by atoms with van der Waals surface area (Å²) in [6.07, 6.45) is 4.55. The number of carbonyl (C=O) groups is 2. The van der Waals surface area contributed by atoms with E-state index in [1.54, 1.807) is 18.2 Å². The number of nitrogens with one attached hydrogen (secondary N) is 1. The van der Waals surface area contributed by atoms with Crippen LogP contribution in [0.4, 0.5) is 15.3 Å². The Morgan fingerprint density at radius 1 is 1.32 bits per heavy atom. The molecule has 1 aliphatic carbocycles. The molecular weight excluding hydrogens is 284 g/mol. The second kappa shape index (κ2) is 6.34. The van der Waals surface area contributed by atoms with Gasteiger partial charge in [-0.3, -0.25) is 5.32 Å². The van der Waals surface area contributed by atoms with Crippen LogP contribution >= 0.6 is 0 Å². The summed E-state index contributed by atoms with van der Waals surface area (Å²) >= 11 is 0. The third kappa shape index (κ3) is 3.46. The zero-order chi connectivity index (χ0) is 16.2. The number of carbonyl (C=O) groups excluding carboxylic acids is 2. The van der Waals surface area contributed by atoms with Crippen molar-refractivity contribution < 1.29 is 19.1 Å². The third-order valence-corrected chi connectivity index (χ3v) is 3.48. The van der Waals surface area contributed by atoms with Crippen molar-refractivity contribution in [1.82, 2.24) is 0 Å². The molecule has 6 heteroatoms. The number of anilines is 1. The summed E-state index contributed by atoms with van der Waals surface area (Å²) in [7, 11) is 1.31. The summed E-state index contributed by atoms with van der Waals surface area (Å²) in [6, 6.07) is 7.40. The van der Waals surface area contributed by atoms with Crippen molar-refractivity contribution in [1.29, 1.82) is 0 Å². The van der Waals surface area contributed by atoms with Gasteiger partial charge in [0.1, 0.15) is 5.76 Å². The average Bonchev–Trinajstić information content (AvgIpc) is 2.47. The molecule has 3 N–H and O–H groups in total. The van der Waals surface area contributed by atoms with E-state index < -0.39 is 17.6 Å². The molecule has 116 valence electrons. The lowest BCUT2D eigenvalue weighted by Crippen LogP contribution is -2.26. The van der Waals surface area contributed by atoms with Crippen LogP contribution in [-0.4, -0.2) is 19.3 Å². The molecule has 2 amide bonds. The predicted octanol–water partition coefficient (Wildman–Crippen LogP) is 3.06. The summed E-state index contributed by atoms with van der Waals surface area (Å²) in [5, 5.41) is 2.69. The Kier molecular flexibility index (Phi) is 4.50. The van der Waals surface area contributed by atoms with Gasteiger partial charge in [0.05, 0.1) is 7.11 Å². The van der Waals surface area contributed by atoms with Gasteiger partial charge in [-0.25, -0.2) is 9.59 Å². The van der Waals surface area contributed by atoms with Crippen molar-refractivity contribution in [2.24, 2.45) is 5.73 Å². The molecule has 0 spiro atoms. The third-order valence-electron chi connectivity index (χ3n) is 3.48. The van der Waals surface area contributed by atoms with Crippen molar-refractivity contribution in [2.45, 2.75) is 18.8 Å². The van der Waals surface area contributed by atoms with Crippen molar-refractivity contribution in [3.63, 3.8) is 0 Å². The molecule has 1 aliphatic rings. The molecule has 0 fully saturated rings. The molecule has 0 bridgehead atoms. The SMILES string of the molecule is COC(=O)Nc1ccccc1C1(C)C=CC=C(OC(N)=O)C1. The minimum absolute atomic E-state index is 0.447. The van der Waals surface area contributed by atoms with Crippen LogP contribution in [0.3, 0.4) is 0 Å². The molecule has 2 rings (SSSR count). The first-order valence-corrected chi connectivity index (χ1v) is 6.75. The van der Waals surface area contributed by atoms with Gasteiger partial charge < -0.3 is 15.2 Å². The molecular formula is C16H18N2O4. The summed E-state index contributed by atoms with van der Waals surface area (Å²) in [5.74, 6) is 0.477. The summed E-state index contributed by atoms with van der Waals surface area (Å²) < 4.78 is 9.62. The van der Waals surface area contributed by atoms with Crippen LogP contribution in [-0.2, 0) is 14.9 Å². The Balaban J connectivity index is 2.31. The number of primary amides is 1. The summed E-state index contributed by atoms with van der Waals surface area (Å²) in [4.78, 5) is 22.4. The summed E-state index contributed by atoms with van der Waals surface area (Å²) in [6.45, 7) is 1.98. The van der Waals surface area contributed by atoms with Crippen LogP contribution in [0, 0.1) is 0 Å². The molecule has 0 heterocycles. The molecule has 1 aromatic rings. The second-order valence-electron chi connectivity index (χ2n) is 5.17. The molecule has 1 atom stereocenters. The van der Waals surface area contributed by atoms with E-state index in [4.69, 9.17) is 10.5 Å². The Morgan fingerprint density at radius 3 is 2.73 bits per heavy atom. The highest BCUT2D eigenvalue weighted by molar-refractivity contribution is 5.86. The zero-order valence-electron chi connectivity index (χ0n) is 12.5. The monoisotopic (exact) mass is 302 g/mol. The quantitative estimate of drug-likeness (QED) is 0.897. The fraction of sp³-hybridized carbons (Fsp3) is 0.250. The number of para-hydroxylation sites is 1. The van der Waals surface area contributed by atoms with Gasteiger partial charge in [0, 0.05) is 17.5 Å². The van der Waals surface area contributed by atoms with Gasteiger partial charge in [-0.2, -0.15) is 0 Å². The molecule has 6 nitrogen and oxygen atoms in total. The average molecular weight is 302 g/mol. The molecule has 1 unspecified atom stereocenters. The molecule has 0 aliphatic heterocycles. The van der Waals surface area contributed by atoms with Crippen molar-refractivity contribution in [3.8, 4) is 0 Å². The topological polar surface area (TPSA) is 90.7 Å². The number of allylic oxidation sites excluding steroid dienone is 4. The maximum absolute atomic E-state index is 11.5. The minimum Gasteiger partial charge on any atom is -0.453 e. The lowest BCUT2D eigenvalue weighted by molar-refractivity contribution is 0.180. The van der Waals surface area contributed by atoms with Crippen molar-refractivity contribution in [2.75, 3.05) is 12.4 Å². The highest BCUT2D eigenvalue weighted by atomic mass is 16.6. The minimum atomic E-state index is -0.843. The molecule has 0 saturated heterocycles. The number of benzene rings is 1. The van der Waals surface area contributed by atoms with E-state index in [1.165, 1.54) is 7.11 Å². The second-order valence-corrected chi connectivity index (χ2v) is 5.17. The lowest BCUT2D eigenvalue weighted by atomic mass is 9.76. The van der Waals surface area contributed by atoms with Crippen LogP contribution in [0.1, 0.15) is 18.9 Å². The number of nitrogens with two attached hydrogens (primary N) is 1. The first-order valence-electron chi connectivity index (χ1n) is 6.75. The Hall–Kier alpha value is -2.76. The van der Waals surface area contributed by atoms with Crippen LogP contribution in [0.25, 0.3) is 0 Å². The van der Waals surface area contributed by atoms with Crippen LogP contribution < -0.4 is 11.1 Å². The maximum atomic E-state index is 11.5. The number of rotatable bonds is 3. The van der Waals surface area contributed by atoms with Crippen molar-refractivity contribution >= 4 is 17.9 Å². The largest absolute Gasteiger partial charge is 0.453 e. The van der Waals surface area contributed by atoms with Crippen LogP contribution in [0.15, 0.2) is 48.3 Å². The van der Waals surface area contributed by atoms with Gasteiger partial charge in [-0.05, 0) is 17.7 Å². The number of ether oxygens (including phenoxy) is 2. The van der Waals surface area contributed by atoms with E-state index in [1.807, 2.05) is 31.2 Å². The zero-order valence-corrected chi connectivity index (χ0v) is 12.5. The summed E-state index contributed by atoms with van der Waals surface area (Å²) in [5.41, 5.74) is 6.14. The highest BCUT2D eigenvalue weighted by Gasteiger charge is 2.30. The van der Waals surface area contributed by atoms with E-state index in [0.29, 0.717) is 17.9 Å².